The van der Waals surface area contributed by atoms with E-state index in [1.165, 1.54) is 11.1 Å². The number of hydrogen-bond donors (Lipinski definition) is 1. The van der Waals surface area contributed by atoms with Crippen LogP contribution in [0.15, 0.2) is 29.3 Å². The highest BCUT2D eigenvalue weighted by atomic mass is 16.5. The summed E-state index contributed by atoms with van der Waals surface area (Å²) in [6, 6.07) is 8.43. The van der Waals surface area contributed by atoms with Crippen molar-refractivity contribution in [2.24, 2.45) is 10.9 Å². The van der Waals surface area contributed by atoms with Gasteiger partial charge in [-0.25, -0.2) is 4.99 Å². The minimum Gasteiger partial charge on any atom is -0.381 e. The van der Waals surface area contributed by atoms with Crippen LogP contribution in [0.25, 0.3) is 0 Å². The smallest absolute Gasteiger partial charge is 0.193 e. The normalized spacial score (nSPS) is 18.2. The molecular weight excluding hydrogens is 290 g/mol. The van der Waals surface area contributed by atoms with E-state index in [-0.39, 0.29) is 0 Å². The van der Waals surface area contributed by atoms with Crippen molar-refractivity contribution in [1.29, 1.82) is 0 Å². The van der Waals surface area contributed by atoms with Crippen molar-refractivity contribution in [3.63, 3.8) is 0 Å². The summed E-state index contributed by atoms with van der Waals surface area (Å²) in [5.41, 5.74) is 2.39. The van der Waals surface area contributed by atoms with Gasteiger partial charge >= 0.3 is 0 Å². The summed E-state index contributed by atoms with van der Waals surface area (Å²) in [5, 5.41) is 3.37. The van der Waals surface area contributed by atoms with Crippen LogP contribution in [0.2, 0.25) is 0 Å². The Morgan fingerprint density at radius 3 is 2.70 bits per heavy atom. The van der Waals surface area contributed by atoms with Crippen molar-refractivity contribution in [2.45, 2.75) is 26.5 Å². The number of aliphatic imine (C=N–C) groups is 1. The van der Waals surface area contributed by atoms with E-state index in [9.17, 15) is 0 Å². The van der Waals surface area contributed by atoms with Gasteiger partial charge in [0.2, 0.25) is 0 Å². The highest BCUT2D eigenvalue weighted by Gasteiger charge is 2.18. The fourth-order valence-corrected chi connectivity index (χ4v) is 2.74. The van der Waals surface area contributed by atoms with Gasteiger partial charge in [0.15, 0.2) is 5.96 Å². The predicted molar refractivity (Wildman–Crippen MR) is 93.5 cm³/mol. The molecule has 0 spiro atoms. The lowest BCUT2D eigenvalue weighted by atomic mass is 10.1. The summed E-state index contributed by atoms with van der Waals surface area (Å²) in [6.07, 6.45) is 1.14. The summed E-state index contributed by atoms with van der Waals surface area (Å²) < 4.78 is 10.6. The average molecular weight is 319 g/mol. The van der Waals surface area contributed by atoms with Gasteiger partial charge in [0, 0.05) is 39.8 Å². The van der Waals surface area contributed by atoms with E-state index >= 15 is 0 Å². The maximum Gasteiger partial charge on any atom is 0.193 e. The lowest BCUT2D eigenvalue weighted by Crippen LogP contribution is -2.41. The second-order valence-corrected chi connectivity index (χ2v) is 6.03. The summed E-state index contributed by atoms with van der Waals surface area (Å²) in [7, 11) is 3.81. The Labute approximate surface area is 139 Å². The van der Waals surface area contributed by atoms with Gasteiger partial charge in [-0.2, -0.15) is 0 Å². The summed E-state index contributed by atoms with van der Waals surface area (Å²) in [5.74, 6) is 1.57. The number of rotatable bonds is 7. The number of nitrogens with zero attached hydrogens (tertiary/aromatic N) is 2. The number of benzene rings is 1. The summed E-state index contributed by atoms with van der Waals surface area (Å²) >= 11 is 0. The Bertz CT molecular complexity index is 482. The minimum absolute atomic E-state index is 0.609. The third kappa shape index (κ3) is 5.84. The molecule has 1 saturated heterocycles. The molecule has 5 nitrogen and oxygen atoms in total. The quantitative estimate of drug-likeness (QED) is 0.618. The zero-order valence-corrected chi connectivity index (χ0v) is 14.5. The van der Waals surface area contributed by atoms with Crippen molar-refractivity contribution in [3.05, 3.63) is 35.4 Å². The molecule has 5 heteroatoms. The number of hydrogen-bond acceptors (Lipinski definition) is 3. The Hall–Kier alpha value is -1.59. The molecule has 1 N–H and O–H groups in total. The summed E-state index contributed by atoms with van der Waals surface area (Å²) in [4.78, 5) is 6.97. The minimum atomic E-state index is 0.609. The standard InChI is InChI=1S/C18H29N3O2/c1-4-19-18(21(2)12-17-9-10-23-14-17)20-11-15-5-7-16(8-6-15)13-22-3/h5-8,17H,4,9-14H2,1-3H3,(H,19,20). The molecule has 0 amide bonds. The fourth-order valence-electron chi connectivity index (χ4n) is 2.74. The molecule has 0 saturated carbocycles. The van der Waals surface area contributed by atoms with Crippen LogP contribution in [0.5, 0.6) is 0 Å². The molecule has 1 aromatic rings. The molecule has 1 aromatic carbocycles. The van der Waals surface area contributed by atoms with Crippen LogP contribution in [0.1, 0.15) is 24.5 Å². The van der Waals surface area contributed by atoms with E-state index in [2.05, 4.69) is 48.5 Å². The van der Waals surface area contributed by atoms with Gasteiger partial charge in [-0.3, -0.25) is 0 Å². The molecular formula is C18H29N3O2. The molecule has 1 atom stereocenters. The van der Waals surface area contributed by atoms with Crippen LogP contribution in [0.3, 0.4) is 0 Å². The van der Waals surface area contributed by atoms with Gasteiger partial charge in [-0.1, -0.05) is 24.3 Å². The molecule has 0 aliphatic carbocycles. The van der Waals surface area contributed by atoms with Crippen molar-refractivity contribution < 1.29 is 9.47 Å². The Morgan fingerprint density at radius 1 is 1.35 bits per heavy atom. The Balaban J connectivity index is 1.93. The zero-order chi connectivity index (χ0) is 16.5. The average Bonchev–Trinajstić information content (AvgIpc) is 3.06. The van der Waals surface area contributed by atoms with Gasteiger partial charge in [-0.05, 0) is 24.5 Å². The third-order valence-electron chi connectivity index (χ3n) is 4.00. The van der Waals surface area contributed by atoms with E-state index in [1.54, 1.807) is 7.11 Å². The first-order valence-electron chi connectivity index (χ1n) is 8.37. The van der Waals surface area contributed by atoms with Crippen LogP contribution >= 0.6 is 0 Å². The molecule has 1 aliphatic rings. The zero-order valence-electron chi connectivity index (χ0n) is 14.5. The van der Waals surface area contributed by atoms with E-state index in [1.807, 2.05) is 0 Å². The van der Waals surface area contributed by atoms with E-state index in [4.69, 9.17) is 14.5 Å². The van der Waals surface area contributed by atoms with Crippen molar-refractivity contribution in [3.8, 4) is 0 Å². The van der Waals surface area contributed by atoms with E-state index in [0.717, 1.165) is 38.7 Å². The lowest BCUT2D eigenvalue weighted by Gasteiger charge is -2.24. The largest absolute Gasteiger partial charge is 0.381 e. The third-order valence-corrected chi connectivity index (χ3v) is 4.00. The monoisotopic (exact) mass is 319 g/mol. The Morgan fingerprint density at radius 2 is 2.09 bits per heavy atom. The topological polar surface area (TPSA) is 46.1 Å². The van der Waals surface area contributed by atoms with Gasteiger partial charge in [0.05, 0.1) is 19.8 Å². The van der Waals surface area contributed by atoms with Gasteiger partial charge < -0.3 is 19.7 Å². The number of ether oxygens (including phenoxy) is 2. The fraction of sp³-hybridized carbons (Fsp3) is 0.611. The number of methoxy groups -OCH3 is 1. The van der Waals surface area contributed by atoms with Crippen molar-refractivity contribution in [1.82, 2.24) is 10.2 Å². The SMILES string of the molecule is CCNC(=NCc1ccc(COC)cc1)N(C)CC1CCOC1. The van der Waals surface area contributed by atoms with Crippen LogP contribution in [0.4, 0.5) is 0 Å². The summed E-state index contributed by atoms with van der Waals surface area (Å²) in [6.45, 7) is 7.04. The van der Waals surface area contributed by atoms with Gasteiger partial charge in [0.1, 0.15) is 0 Å². The first-order valence-corrected chi connectivity index (χ1v) is 8.37. The van der Waals surface area contributed by atoms with Crippen LogP contribution < -0.4 is 5.32 Å². The van der Waals surface area contributed by atoms with E-state index < -0.39 is 0 Å². The highest BCUT2D eigenvalue weighted by molar-refractivity contribution is 5.79. The first-order chi connectivity index (χ1) is 11.2. The van der Waals surface area contributed by atoms with Crippen LogP contribution in [-0.2, 0) is 22.6 Å². The molecule has 1 heterocycles. The Kier molecular flexibility index (Phi) is 7.36. The van der Waals surface area contributed by atoms with Gasteiger partial charge in [0.25, 0.3) is 0 Å². The number of nitrogens with one attached hydrogen (secondary N) is 1. The molecule has 2 rings (SSSR count). The van der Waals surface area contributed by atoms with Gasteiger partial charge in [-0.15, -0.1) is 0 Å². The lowest BCUT2D eigenvalue weighted by molar-refractivity contribution is 0.181. The second kappa shape index (κ2) is 9.53. The maximum atomic E-state index is 5.46. The molecule has 1 unspecified atom stereocenters. The first kappa shape index (κ1) is 17.8. The molecule has 23 heavy (non-hydrogen) atoms. The predicted octanol–water partition coefficient (Wildman–Crippen LogP) is 2.27. The second-order valence-electron chi connectivity index (χ2n) is 6.03. The molecule has 0 bridgehead atoms. The van der Waals surface area contributed by atoms with E-state index in [0.29, 0.717) is 19.1 Å². The molecule has 0 aromatic heterocycles. The van der Waals surface area contributed by atoms with Crippen LogP contribution in [0, 0.1) is 5.92 Å². The molecule has 1 aliphatic heterocycles. The maximum absolute atomic E-state index is 5.46. The number of guanidine groups is 1. The highest BCUT2D eigenvalue weighted by Crippen LogP contribution is 2.13. The van der Waals surface area contributed by atoms with Crippen molar-refractivity contribution in [2.75, 3.05) is 40.5 Å². The molecule has 128 valence electrons. The van der Waals surface area contributed by atoms with Crippen LogP contribution in [-0.4, -0.2) is 51.3 Å². The molecule has 1 fully saturated rings. The molecule has 0 radical (unpaired) electrons. The van der Waals surface area contributed by atoms with Crippen molar-refractivity contribution >= 4 is 5.96 Å².